The molecular weight excluding hydrogens is 322 g/mol. The second-order valence-corrected chi connectivity index (χ2v) is 8.50. The Morgan fingerprint density at radius 2 is 1.88 bits per heavy atom. The van der Waals surface area contributed by atoms with Crippen LogP contribution in [0, 0.1) is 0 Å². The second-order valence-electron chi connectivity index (χ2n) is 8.50. The van der Waals surface area contributed by atoms with Gasteiger partial charge in [0.1, 0.15) is 5.60 Å². The van der Waals surface area contributed by atoms with Gasteiger partial charge < -0.3 is 19.6 Å². The van der Waals surface area contributed by atoms with E-state index in [4.69, 9.17) is 4.74 Å². The molecule has 0 aliphatic carbocycles. The highest BCUT2D eigenvalue weighted by molar-refractivity contribution is 5.73. The summed E-state index contributed by atoms with van der Waals surface area (Å²) < 4.78 is 5.44. The molecule has 0 saturated carbocycles. The number of carboxylic acid groups (broad SMARTS) is 1. The number of carbonyl (C=O) groups excluding carboxylic acids is 1. The van der Waals surface area contributed by atoms with Crippen molar-refractivity contribution in [1.82, 2.24) is 14.7 Å². The molecule has 2 rings (SSSR count). The summed E-state index contributed by atoms with van der Waals surface area (Å²) in [7, 11) is 2.11. The molecule has 2 aliphatic heterocycles. The maximum Gasteiger partial charge on any atom is 0.410 e. The molecule has 0 aromatic carbocycles. The summed E-state index contributed by atoms with van der Waals surface area (Å²) in [4.78, 5) is 30.1. The van der Waals surface area contributed by atoms with Gasteiger partial charge in [-0.25, -0.2) is 4.79 Å². The van der Waals surface area contributed by atoms with Gasteiger partial charge in [-0.1, -0.05) is 6.92 Å². The van der Waals surface area contributed by atoms with Crippen molar-refractivity contribution in [2.75, 3.05) is 39.8 Å². The van der Waals surface area contributed by atoms with E-state index in [0.717, 1.165) is 32.5 Å². The third-order valence-electron chi connectivity index (χ3n) is 5.08. The average Bonchev–Trinajstić information content (AvgIpc) is 2.61. The van der Waals surface area contributed by atoms with Crippen LogP contribution in [0.25, 0.3) is 0 Å². The number of carboxylic acids is 1. The molecule has 0 spiro atoms. The number of hydrogen-bond donors (Lipinski definition) is 1. The Balaban J connectivity index is 2.14. The van der Waals surface area contributed by atoms with Gasteiger partial charge in [0.2, 0.25) is 0 Å². The Morgan fingerprint density at radius 3 is 2.40 bits per heavy atom. The van der Waals surface area contributed by atoms with Crippen molar-refractivity contribution in [3.8, 4) is 0 Å². The molecule has 1 amide bonds. The van der Waals surface area contributed by atoms with E-state index in [1.807, 2.05) is 20.8 Å². The Kier molecular flexibility index (Phi) is 5.99. The van der Waals surface area contributed by atoms with Gasteiger partial charge in [-0.05, 0) is 47.2 Å². The summed E-state index contributed by atoms with van der Waals surface area (Å²) >= 11 is 0. The maximum absolute atomic E-state index is 12.3. The normalized spacial score (nSPS) is 25.2. The first-order valence-corrected chi connectivity index (χ1v) is 9.21. The largest absolute Gasteiger partial charge is 0.481 e. The number of aliphatic carboxylic acids is 1. The Labute approximate surface area is 150 Å². The van der Waals surface area contributed by atoms with Crippen LogP contribution in [0.4, 0.5) is 4.79 Å². The fourth-order valence-corrected chi connectivity index (χ4v) is 4.01. The van der Waals surface area contributed by atoms with Gasteiger partial charge in [-0.15, -0.1) is 0 Å². The van der Waals surface area contributed by atoms with E-state index in [1.54, 1.807) is 4.90 Å². The molecule has 2 saturated heterocycles. The molecule has 144 valence electrons. The van der Waals surface area contributed by atoms with Crippen molar-refractivity contribution < 1.29 is 19.4 Å². The van der Waals surface area contributed by atoms with E-state index in [2.05, 4.69) is 23.8 Å². The number of carbonyl (C=O) groups is 2. The Morgan fingerprint density at radius 1 is 1.24 bits per heavy atom. The number of amides is 1. The molecule has 1 atom stereocenters. The van der Waals surface area contributed by atoms with E-state index in [0.29, 0.717) is 19.1 Å². The van der Waals surface area contributed by atoms with Crippen molar-refractivity contribution in [1.29, 1.82) is 0 Å². The monoisotopic (exact) mass is 355 g/mol. The quantitative estimate of drug-likeness (QED) is 0.830. The lowest BCUT2D eigenvalue weighted by molar-refractivity contribution is -0.147. The molecule has 0 aromatic rings. The van der Waals surface area contributed by atoms with Gasteiger partial charge in [0.25, 0.3) is 0 Å². The number of likely N-dealkylation sites (N-methyl/N-ethyl adjacent to an activating group) is 1. The third kappa shape index (κ3) is 4.85. The maximum atomic E-state index is 12.3. The molecule has 2 fully saturated rings. The first-order chi connectivity index (χ1) is 11.6. The molecule has 7 heteroatoms. The van der Waals surface area contributed by atoms with Crippen LogP contribution >= 0.6 is 0 Å². The van der Waals surface area contributed by atoms with E-state index < -0.39 is 17.1 Å². The molecular formula is C18H33N3O4. The van der Waals surface area contributed by atoms with Crippen LogP contribution in [0.2, 0.25) is 0 Å². The average molecular weight is 355 g/mol. The molecule has 0 bridgehead atoms. The Bertz CT molecular complexity index is 497. The zero-order chi connectivity index (χ0) is 18.8. The molecule has 1 unspecified atom stereocenters. The molecule has 2 heterocycles. The van der Waals surface area contributed by atoms with E-state index >= 15 is 0 Å². The third-order valence-corrected chi connectivity index (χ3v) is 5.08. The zero-order valence-corrected chi connectivity index (χ0v) is 16.2. The van der Waals surface area contributed by atoms with E-state index in [9.17, 15) is 14.7 Å². The topological polar surface area (TPSA) is 73.3 Å². The smallest absolute Gasteiger partial charge is 0.410 e. The predicted molar refractivity (Wildman–Crippen MR) is 95.7 cm³/mol. The summed E-state index contributed by atoms with van der Waals surface area (Å²) in [5.74, 6) is -0.809. The number of ether oxygens (including phenoxy) is 1. The lowest BCUT2D eigenvalue weighted by atomic mass is 9.82. The first kappa shape index (κ1) is 20.0. The van der Waals surface area contributed by atoms with Crippen LogP contribution in [-0.4, -0.2) is 88.8 Å². The highest BCUT2D eigenvalue weighted by atomic mass is 16.6. The van der Waals surface area contributed by atoms with E-state index in [-0.39, 0.29) is 12.5 Å². The van der Waals surface area contributed by atoms with Crippen LogP contribution in [0.5, 0.6) is 0 Å². The van der Waals surface area contributed by atoms with Crippen LogP contribution in [-0.2, 0) is 9.53 Å². The molecule has 1 N–H and O–H groups in total. The standard InChI is InChI=1S/C18H33N3O4/c1-6-14-11-19(5)8-7-9-21(14)18(10-15(22)23)12-20(13-18)16(24)25-17(2,3)4/h14H,6-13H2,1-5H3,(H,22,23). The summed E-state index contributed by atoms with van der Waals surface area (Å²) in [6.07, 6.45) is 1.69. The fourth-order valence-electron chi connectivity index (χ4n) is 4.01. The van der Waals surface area contributed by atoms with Crippen molar-refractivity contribution >= 4 is 12.1 Å². The minimum atomic E-state index is -0.809. The van der Waals surface area contributed by atoms with Gasteiger partial charge >= 0.3 is 12.1 Å². The minimum absolute atomic E-state index is 0.0620. The van der Waals surface area contributed by atoms with Gasteiger partial charge in [0.05, 0.1) is 12.0 Å². The molecule has 0 aromatic heterocycles. The SMILES string of the molecule is CCC1CN(C)CCCN1C1(CC(=O)O)CN(C(=O)OC(C)(C)C)C1. The molecule has 7 nitrogen and oxygen atoms in total. The highest BCUT2D eigenvalue weighted by Gasteiger charge is 2.53. The fraction of sp³-hybridized carbons (Fsp3) is 0.889. The van der Waals surface area contributed by atoms with Crippen molar-refractivity contribution in [3.63, 3.8) is 0 Å². The van der Waals surface area contributed by atoms with Crippen LogP contribution in [0.15, 0.2) is 0 Å². The zero-order valence-electron chi connectivity index (χ0n) is 16.2. The molecule has 0 radical (unpaired) electrons. The molecule has 25 heavy (non-hydrogen) atoms. The van der Waals surface area contributed by atoms with Gasteiger partial charge in [0.15, 0.2) is 0 Å². The first-order valence-electron chi connectivity index (χ1n) is 9.21. The van der Waals surface area contributed by atoms with Crippen LogP contribution in [0.1, 0.15) is 47.0 Å². The summed E-state index contributed by atoms with van der Waals surface area (Å²) in [5.41, 5.74) is -1.02. The van der Waals surface area contributed by atoms with Crippen LogP contribution in [0.3, 0.4) is 0 Å². The van der Waals surface area contributed by atoms with Gasteiger partial charge in [0, 0.05) is 32.2 Å². The second kappa shape index (κ2) is 7.50. The molecule has 2 aliphatic rings. The summed E-state index contributed by atoms with van der Waals surface area (Å²) in [5, 5.41) is 9.47. The number of nitrogens with zero attached hydrogens (tertiary/aromatic N) is 3. The van der Waals surface area contributed by atoms with Gasteiger partial charge in [-0.2, -0.15) is 0 Å². The summed E-state index contributed by atoms with van der Waals surface area (Å²) in [6.45, 7) is 11.3. The van der Waals surface area contributed by atoms with Crippen molar-refractivity contribution in [2.24, 2.45) is 0 Å². The minimum Gasteiger partial charge on any atom is -0.481 e. The number of likely N-dealkylation sites (tertiary alicyclic amines) is 1. The predicted octanol–water partition coefficient (Wildman–Crippen LogP) is 1.87. The van der Waals surface area contributed by atoms with Crippen molar-refractivity contribution in [3.05, 3.63) is 0 Å². The summed E-state index contributed by atoms with van der Waals surface area (Å²) in [6, 6.07) is 0.313. The Hall–Kier alpha value is -1.34. The highest BCUT2D eigenvalue weighted by Crippen LogP contribution is 2.36. The number of hydrogen-bond acceptors (Lipinski definition) is 5. The van der Waals surface area contributed by atoms with Crippen LogP contribution < -0.4 is 0 Å². The lowest BCUT2D eigenvalue weighted by Gasteiger charge is -2.57. The van der Waals surface area contributed by atoms with Crippen molar-refractivity contribution in [2.45, 2.75) is 64.1 Å². The van der Waals surface area contributed by atoms with E-state index in [1.165, 1.54) is 0 Å². The van der Waals surface area contributed by atoms with Gasteiger partial charge in [-0.3, -0.25) is 9.69 Å². The number of rotatable bonds is 4. The lowest BCUT2D eigenvalue weighted by Crippen LogP contribution is -2.74.